The SMILES string of the molecule is COc1cccc(F)c1CN1C[C@H](NC(=O)c2ccc3[nH]nc(-c4ccnc(C)c4)c3c2)CC[C@H]1C(=O)N1CCN(C(C)=O)CC1. The van der Waals surface area contributed by atoms with Crippen LogP contribution in [0.3, 0.4) is 0 Å². The second-order valence-electron chi connectivity index (χ2n) is 12.0. The number of fused-ring (bicyclic) bond motifs is 1. The molecular weight excluding hydrogens is 589 g/mol. The molecule has 0 spiro atoms. The first-order chi connectivity index (χ1) is 22.2. The molecule has 0 unspecified atom stereocenters. The van der Waals surface area contributed by atoms with Crippen molar-refractivity contribution in [3.05, 3.63) is 77.4 Å². The molecule has 46 heavy (non-hydrogen) atoms. The van der Waals surface area contributed by atoms with Crippen molar-refractivity contribution < 1.29 is 23.5 Å². The fourth-order valence-electron chi connectivity index (χ4n) is 6.49. The quantitative estimate of drug-likeness (QED) is 0.321. The molecule has 2 N–H and O–H groups in total. The average Bonchev–Trinajstić information content (AvgIpc) is 3.49. The van der Waals surface area contributed by atoms with Gasteiger partial charge < -0.3 is 19.9 Å². The van der Waals surface area contributed by atoms with Gasteiger partial charge in [-0.15, -0.1) is 0 Å². The minimum absolute atomic E-state index is 0.00720. The maximum Gasteiger partial charge on any atom is 0.251 e. The molecule has 4 aromatic rings. The number of rotatable bonds is 7. The van der Waals surface area contributed by atoms with Crippen molar-refractivity contribution in [2.24, 2.45) is 0 Å². The van der Waals surface area contributed by atoms with Crippen LogP contribution in [0.15, 0.2) is 54.7 Å². The van der Waals surface area contributed by atoms with E-state index < -0.39 is 11.9 Å². The second-order valence-corrected chi connectivity index (χ2v) is 12.0. The second kappa shape index (κ2) is 13.3. The number of H-pyrrole nitrogens is 1. The van der Waals surface area contributed by atoms with Gasteiger partial charge in [-0.05, 0) is 62.2 Å². The van der Waals surface area contributed by atoms with Gasteiger partial charge >= 0.3 is 0 Å². The third-order valence-corrected chi connectivity index (χ3v) is 8.99. The number of piperidine rings is 1. The zero-order valence-corrected chi connectivity index (χ0v) is 26.3. The van der Waals surface area contributed by atoms with Gasteiger partial charge in [0.15, 0.2) is 0 Å². The van der Waals surface area contributed by atoms with Gasteiger partial charge in [-0.3, -0.25) is 29.4 Å². The van der Waals surface area contributed by atoms with Crippen LogP contribution >= 0.6 is 0 Å². The average molecular weight is 628 g/mol. The minimum Gasteiger partial charge on any atom is -0.496 e. The number of aryl methyl sites for hydroxylation is 1. The Kier molecular flexibility index (Phi) is 8.98. The van der Waals surface area contributed by atoms with Gasteiger partial charge in [0.05, 0.1) is 18.7 Å². The number of hydrogen-bond donors (Lipinski definition) is 2. The summed E-state index contributed by atoms with van der Waals surface area (Å²) in [5.74, 6) is -0.306. The smallest absolute Gasteiger partial charge is 0.251 e. The highest BCUT2D eigenvalue weighted by molar-refractivity contribution is 6.01. The third kappa shape index (κ3) is 6.43. The van der Waals surface area contributed by atoms with Crippen molar-refractivity contribution in [2.45, 2.75) is 45.3 Å². The van der Waals surface area contributed by atoms with E-state index in [0.29, 0.717) is 62.4 Å². The molecule has 6 rings (SSSR count). The molecule has 0 radical (unpaired) electrons. The Morgan fingerprint density at radius 3 is 2.57 bits per heavy atom. The molecule has 2 aliphatic rings. The molecule has 0 saturated carbocycles. The highest BCUT2D eigenvalue weighted by Gasteiger charge is 2.37. The summed E-state index contributed by atoms with van der Waals surface area (Å²) in [5.41, 5.74) is 4.18. The molecule has 12 heteroatoms. The molecule has 11 nitrogen and oxygen atoms in total. The Morgan fingerprint density at radius 1 is 1.04 bits per heavy atom. The van der Waals surface area contributed by atoms with Crippen molar-refractivity contribution in [3.63, 3.8) is 0 Å². The van der Waals surface area contributed by atoms with Gasteiger partial charge in [-0.1, -0.05) is 6.07 Å². The van der Waals surface area contributed by atoms with Gasteiger partial charge in [-0.2, -0.15) is 5.10 Å². The molecule has 3 amide bonds. The molecule has 2 aliphatic heterocycles. The molecule has 2 aromatic carbocycles. The topological polar surface area (TPSA) is 124 Å². The lowest BCUT2D eigenvalue weighted by Crippen LogP contribution is -2.59. The molecule has 2 atom stereocenters. The summed E-state index contributed by atoms with van der Waals surface area (Å²) in [7, 11) is 1.49. The minimum atomic E-state index is -0.505. The lowest BCUT2D eigenvalue weighted by atomic mass is 9.95. The number of nitrogens with zero attached hydrogens (tertiary/aromatic N) is 5. The number of carbonyl (C=O) groups is 3. The number of pyridine rings is 1. The van der Waals surface area contributed by atoms with Crippen LogP contribution in [0, 0.1) is 12.7 Å². The number of ether oxygens (including phenoxy) is 1. The number of aromatic nitrogens is 3. The summed E-state index contributed by atoms with van der Waals surface area (Å²) in [5, 5.41) is 11.5. The van der Waals surface area contributed by atoms with Crippen molar-refractivity contribution in [1.82, 2.24) is 35.2 Å². The molecule has 0 aliphatic carbocycles. The van der Waals surface area contributed by atoms with Crippen molar-refractivity contribution in [3.8, 4) is 17.0 Å². The summed E-state index contributed by atoms with van der Waals surface area (Å²) in [6.07, 6.45) is 2.80. The maximum absolute atomic E-state index is 15.1. The number of carbonyl (C=O) groups excluding carboxylic acids is 3. The van der Waals surface area contributed by atoms with Crippen LogP contribution in [0.25, 0.3) is 22.2 Å². The fraction of sp³-hybridized carbons (Fsp3) is 0.382. The summed E-state index contributed by atoms with van der Waals surface area (Å²) >= 11 is 0. The first-order valence-electron chi connectivity index (χ1n) is 15.5. The molecule has 0 bridgehead atoms. The van der Waals surface area contributed by atoms with Crippen molar-refractivity contribution in [1.29, 1.82) is 0 Å². The Labute approximate surface area is 266 Å². The van der Waals surface area contributed by atoms with Crippen LogP contribution < -0.4 is 10.1 Å². The van der Waals surface area contributed by atoms with Crippen LogP contribution in [0.1, 0.15) is 41.4 Å². The van der Waals surface area contributed by atoms with E-state index in [1.165, 1.54) is 20.1 Å². The van der Waals surface area contributed by atoms with Crippen LogP contribution in [-0.2, 0) is 16.1 Å². The molecule has 2 aromatic heterocycles. The van der Waals surface area contributed by atoms with Crippen LogP contribution in [0.4, 0.5) is 4.39 Å². The van der Waals surface area contributed by atoms with Crippen LogP contribution in [0.2, 0.25) is 0 Å². The molecular formula is C34H38FN7O4. The molecule has 4 heterocycles. The van der Waals surface area contributed by atoms with E-state index in [1.54, 1.807) is 34.2 Å². The zero-order chi connectivity index (χ0) is 32.4. The molecule has 2 fully saturated rings. The monoisotopic (exact) mass is 627 g/mol. The largest absolute Gasteiger partial charge is 0.496 e. The van der Waals surface area contributed by atoms with E-state index in [0.717, 1.165) is 27.9 Å². The first-order valence-corrected chi connectivity index (χ1v) is 15.5. The Morgan fingerprint density at radius 2 is 1.83 bits per heavy atom. The number of likely N-dealkylation sites (tertiary alicyclic amines) is 1. The fourth-order valence-corrected chi connectivity index (χ4v) is 6.49. The van der Waals surface area contributed by atoms with E-state index in [2.05, 4.69) is 20.5 Å². The zero-order valence-electron chi connectivity index (χ0n) is 26.3. The van der Waals surface area contributed by atoms with Gasteiger partial charge in [0, 0.05) is 86.2 Å². The Bertz CT molecular complexity index is 1770. The number of amides is 3. The summed E-state index contributed by atoms with van der Waals surface area (Å²) in [6.45, 7) is 5.80. The van der Waals surface area contributed by atoms with E-state index in [4.69, 9.17) is 4.74 Å². The highest BCUT2D eigenvalue weighted by Crippen LogP contribution is 2.30. The summed E-state index contributed by atoms with van der Waals surface area (Å²) in [4.78, 5) is 49.0. The Hall–Kier alpha value is -4.84. The van der Waals surface area contributed by atoms with Gasteiger partial charge in [-0.25, -0.2) is 4.39 Å². The summed E-state index contributed by atoms with van der Waals surface area (Å²) in [6, 6.07) is 13.2. The van der Waals surface area contributed by atoms with Gasteiger partial charge in [0.2, 0.25) is 11.8 Å². The first kappa shape index (κ1) is 31.2. The number of hydrogen-bond acceptors (Lipinski definition) is 7. The van der Waals surface area contributed by atoms with E-state index >= 15 is 4.39 Å². The normalized spacial score (nSPS) is 18.9. The lowest BCUT2D eigenvalue weighted by Gasteiger charge is -2.43. The number of benzene rings is 2. The van der Waals surface area contributed by atoms with E-state index in [-0.39, 0.29) is 30.3 Å². The van der Waals surface area contributed by atoms with Gasteiger partial charge in [0.1, 0.15) is 17.3 Å². The van der Waals surface area contributed by atoms with Crippen LogP contribution in [-0.4, -0.2) is 99.5 Å². The predicted molar refractivity (Wildman–Crippen MR) is 171 cm³/mol. The molecule has 240 valence electrons. The number of methoxy groups -OCH3 is 1. The maximum atomic E-state index is 15.1. The highest BCUT2D eigenvalue weighted by atomic mass is 19.1. The Balaban J connectivity index is 1.21. The number of halogens is 1. The van der Waals surface area contributed by atoms with Crippen molar-refractivity contribution >= 4 is 28.6 Å². The van der Waals surface area contributed by atoms with Crippen LogP contribution in [0.5, 0.6) is 5.75 Å². The predicted octanol–water partition coefficient (Wildman–Crippen LogP) is 3.53. The molecule has 2 saturated heterocycles. The van der Waals surface area contributed by atoms with E-state index in [9.17, 15) is 14.4 Å². The number of aromatic amines is 1. The third-order valence-electron chi connectivity index (χ3n) is 8.99. The lowest BCUT2D eigenvalue weighted by molar-refractivity contribution is -0.143. The summed E-state index contributed by atoms with van der Waals surface area (Å²) < 4.78 is 20.5. The van der Waals surface area contributed by atoms with E-state index in [1.807, 2.05) is 36.1 Å². The number of piperazine rings is 1. The van der Waals surface area contributed by atoms with Gasteiger partial charge in [0.25, 0.3) is 5.91 Å². The number of nitrogens with one attached hydrogen (secondary N) is 2. The van der Waals surface area contributed by atoms with Crippen molar-refractivity contribution in [2.75, 3.05) is 39.8 Å². The standard InChI is InChI=1S/C34H38FN7O4/c1-21-17-23(11-12-36-21)32-26-18-24(7-9-29(26)38-39-32)33(44)37-25-8-10-30(34(45)41-15-13-40(14-16-41)22(2)43)42(19-25)20-27-28(35)5-4-6-31(27)46-3/h4-7,9,11-12,17-18,25,30H,8,10,13-16,19-20H2,1-3H3,(H,37,44)(H,38,39)/t25-,30+/m1/s1.